The monoisotopic (exact) mass is 517 g/mol. The first-order chi connectivity index (χ1) is 16.1. The van der Waals surface area contributed by atoms with Crippen LogP contribution in [-0.4, -0.2) is 44.7 Å². The second kappa shape index (κ2) is 12.0. The Labute approximate surface area is 220 Å². The first-order valence-corrected chi connectivity index (χ1v) is 11.9. The van der Waals surface area contributed by atoms with E-state index in [-0.39, 0.29) is 30.6 Å². The van der Waals surface area contributed by atoms with Crippen molar-refractivity contribution in [2.75, 3.05) is 43.5 Å². The zero-order valence-electron chi connectivity index (χ0n) is 20.3. The number of para-hydroxylation sites is 2. The molecule has 0 N–H and O–H groups in total. The van der Waals surface area contributed by atoms with Crippen molar-refractivity contribution in [2.24, 2.45) is 0 Å². The number of hydrogen-bond acceptors (Lipinski definition) is 4. The zero-order chi connectivity index (χ0) is 22.8. The van der Waals surface area contributed by atoms with E-state index in [1.54, 1.807) is 6.07 Å². The van der Waals surface area contributed by atoms with E-state index in [2.05, 4.69) is 59.1 Å². The summed E-state index contributed by atoms with van der Waals surface area (Å²) < 4.78 is 20.4. The molecule has 2 aliphatic rings. The topological polar surface area (TPSA) is 19.0 Å². The standard InChI is InChI=1S/C28H32FN3O.2ClH/c1-30(2)24-13-9-21(10-14-24)15-17-31-16-5-6-25(31)19-32-26-7-3-4-8-28(26)33-20-22-11-12-23(29)18-27(22)32;;/h3-4,7-14,18,25H,5-6,15-17,19-20H2,1-2H3;2*1H/t25-;;/m1../s1. The van der Waals surface area contributed by atoms with Crippen LogP contribution in [0, 0.1) is 5.82 Å². The van der Waals surface area contributed by atoms with Crippen LogP contribution in [0.2, 0.25) is 0 Å². The Morgan fingerprint density at radius 2 is 1.74 bits per heavy atom. The first-order valence-electron chi connectivity index (χ1n) is 11.9. The summed E-state index contributed by atoms with van der Waals surface area (Å²) in [6.07, 6.45) is 3.39. The van der Waals surface area contributed by atoms with Gasteiger partial charge >= 0.3 is 0 Å². The van der Waals surface area contributed by atoms with Gasteiger partial charge in [0.1, 0.15) is 18.2 Å². The molecule has 0 unspecified atom stereocenters. The number of hydrogen-bond donors (Lipinski definition) is 0. The lowest BCUT2D eigenvalue weighted by Crippen LogP contribution is -2.39. The van der Waals surface area contributed by atoms with Crippen molar-refractivity contribution < 1.29 is 9.13 Å². The summed E-state index contributed by atoms with van der Waals surface area (Å²) in [4.78, 5) is 7.01. The predicted octanol–water partition coefficient (Wildman–Crippen LogP) is 6.47. The van der Waals surface area contributed by atoms with E-state index in [9.17, 15) is 4.39 Å². The lowest BCUT2D eigenvalue weighted by atomic mass is 10.1. The molecule has 4 nitrogen and oxygen atoms in total. The molecular weight excluding hydrogens is 484 g/mol. The molecule has 0 aromatic heterocycles. The molecule has 3 aromatic rings. The molecule has 2 aliphatic heterocycles. The fraction of sp³-hybridized carbons (Fsp3) is 0.357. The van der Waals surface area contributed by atoms with Crippen LogP contribution in [0.5, 0.6) is 5.75 Å². The number of likely N-dealkylation sites (tertiary alicyclic amines) is 1. The lowest BCUT2D eigenvalue weighted by Gasteiger charge is -2.32. The number of rotatable bonds is 6. The minimum atomic E-state index is -0.206. The third-order valence-corrected chi connectivity index (χ3v) is 6.91. The maximum atomic E-state index is 14.3. The number of anilines is 3. The number of halogens is 3. The molecule has 7 heteroatoms. The summed E-state index contributed by atoms with van der Waals surface area (Å²) in [6.45, 7) is 3.44. The van der Waals surface area contributed by atoms with Gasteiger partial charge in [0.15, 0.2) is 0 Å². The van der Waals surface area contributed by atoms with E-state index in [0.29, 0.717) is 12.6 Å². The molecule has 3 aromatic carbocycles. The fourth-order valence-corrected chi connectivity index (χ4v) is 5.03. The molecular formula is C28H34Cl2FN3O. The van der Waals surface area contributed by atoms with Gasteiger partial charge in [-0.3, -0.25) is 4.90 Å². The van der Waals surface area contributed by atoms with Crippen molar-refractivity contribution >= 4 is 41.9 Å². The summed E-state index contributed by atoms with van der Waals surface area (Å²) in [5.41, 5.74) is 5.56. The van der Waals surface area contributed by atoms with Crippen molar-refractivity contribution in [3.63, 3.8) is 0 Å². The molecule has 5 rings (SSSR count). The Kier molecular flexibility index (Phi) is 9.28. The van der Waals surface area contributed by atoms with Crippen LogP contribution in [0.4, 0.5) is 21.5 Å². The van der Waals surface area contributed by atoms with E-state index in [1.807, 2.05) is 24.3 Å². The Balaban J connectivity index is 0.00000171. The van der Waals surface area contributed by atoms with Gasteiger partial charge in [-0.25, -0.2) is 4.39 Å². The number of benzene rings is 3. The van der Waals surface area contributed by atoms with Gasteiger partial charge in [-0.2, -0.15) is 0 Å². The van der Waals surface area contributed by atoms with Gasteiger partial charge in [0.05, 0.1) is 11.4 Å². The van der Waals surface area contributed by atoms with Crippen molar-refractivity contribution in [3.05, 3.63) is 83.7 Å². The predicted molar refractivity (Wildman–Crippen MR) is 148 cm³/mol. The summed E-state index contributed by atoms with van der Waals surface area (Å²) in [7, 11) is 4.14. The molecule has 0 radical (unpaired) electrons. The molecule has 188 valence electrons. The quantitative estimate of drug-likeness (QED) is 0.372. The number of fused-ring (bicyclic) bond motifs is 2. The van der Waals surface area contributed by atoms with Gasteiger partial charge in [-0.05, 0) is 67.8 Å². The van der Waals surface area contributed by atoms with Gasteiger partial charge in [-0.1, -0.05) is 30.3 Å². The third kappa shape index (κ3) is 6.03. The van der Waals surface area contributed by atoms with E-state index in [1.165, 1.54) is 23.7 Å². The minimum Gasteiger partial charge on any atom is -0.487 e. The zero-order valence-corrected chi connectivity index (χ0v) is 22.0. The summed E-state index contributed by atoms with van der Waals surface area (Å²) in [5.74, 6) is 0.655. The maximum Gasteiger partial charge on any atom is 0.143 e. The van der Waals surface area contributed by atoms with E-state index < -0.39 is 0 Å². The molecule has 0 amide bonds. The minimum absolute atomic E-state index is 0. The smallest absolute Gasteiger partial charge is 0.143 e. The summed E-state index contributed by atoms with van der Waals surface area (Å²) in [6, 6.07) is 22.4. The second-order valence-corrected chi connectivity index (χ2v) is 9.28. The van der Waals surface area contributed by atoms with Gasteiger partial charge in [0.2, 0.25) is 0 Å². The molecule has 0 bridgehead atoms. The van der Waals surface area contributed by atoms with Crippen molar-refractivity contribution in [3.8, 4) is 5.75 Å². The van der Waals surface area contributed by atoms with Crippen LogP contribution in [0.15, 0.2) is 66.7 Å². The van der Waals surface area contributed by atoms with E-state index in [4.69, 9.17) is 4.74 Å². The van der Waals surface area contributed by atoms with Crippen LogP contribution in [0.1, 0.15) is 24.0 Å². The Morgan fingerprint density at radius 3 is 2.51 bits per heavy atom. The summed E-state index contributed by atoms with van der Waals surface area (Å²) >= 11 is 0. The highest BCUT2D eigenvalue weighted by Crippen LogP contribution is 2.40. The SMILES string of the molecule is CN(C)c1ccc(CCN2CCC[C@@H]2CN2c3cc(F)ccc3COc3ccccc32)cc1.Cl.Cl. The lowest BCUT2D eigenvalue weighted by molar-refractivity contribution is 0.261. The molecule has 0 saturated carbocycles. The highest BCUT2D eigenvalue weighted by Gasteiger charge is 2.30. The van der Waals surface area contributed by atoms with Crippen LogP contribution in [-0.2, 0) is 13.0 Å². The van der Waals surface area contributed by atoms with Crippen molar-refractivity contribution in [2.45, 2.75) is 31.9 Å². The fourth-order valence-electron chi connectivity index (χ4n) is 5.03. The highest BCUT2D eigenvalue weighted by molar-refractivity contribution is 5.85. The van der Waals surface area contributed by atoms with Crippen molar-refractivity contribution in [1.29, 1.82) is 0 Å². The van der Waals surface area contributed by atoms with Gasteiger partial charge in [0, 0.05) is 44.5 Å². The Morgan fingerprint density at radius 1 is 0.971 bits per heavy atom. The molecule has 1 saturated heterocycles. The molecule has 2 heterocycles. The van der Waals surface area contributed by atoms with Gasteiger partial charge in [-0.15, -0.1) is 24.8 Å². The molecule has 0 spiro atoms. The van der Waals surface area contributed by atoms with E-state index >= 15 is 0 Å². The molecule has 1 fully saturated rings. The first kappa shape index (κ1) is 27.1. The average Bonchev–Trinajstić information content (AvgIpc) is 3.21. The van der Waals surface area contributed by atoms with Crippen molar-refractivity contribution in [1.82, 2.24) is 4.90 Å². The van der Waals surface area contributed by atoms with E-state index in [0.717, 1.165) is 55.2 Å². The maximum absolute atomic E-state index is 14.3. The highest BCUT2D eigenvalue weighted by atomic mass is 35.5. The van der Waals surface area contributed by atoms with Crippen LogP contribution >= 0.6 is 24.8 Å². The molecule has 35 heavy (non-hydrogen) atoms. The largest absolute Gasteiger partial charge is 0.487 e. The average molecular weight is 519 g/mol. The Bertz CT molecular complexity index is 1110. The molecule has 1 atom stereocenters. The van der Waals surface area contributed by atoms with Crippen LogP contribution in [0.25, 0.3) is 0 Å². The second-order valence-electron chi connectivity index (χ2n) is 9.28. The number of ether oxygens (including phenoxy) is 1. The van der Waals surface area contributed by atoms with Gasteiger partial charge in [0.25, 0.3) is 0 Å². The van der Waals surface area contributed by atoms with Crippen LogP contribution < -0.4 is 14.5 Å². The summed E-state index contributed by atoms with van der Waals surface area (Å²) in [5, 5.41) is 0. The Hall–Kier alpha value is -2.47. The normalized spacial score (nSPS) is 16.8. The van der Waals surface area contributed by atoms with Gasteiger partial charge < -0.3 is 14.5 Å². The molecule has 0 aliphatic carbocycles. The number of nitrogens with zero attached hydrogens (tertiary/aromatic N) is 3. The third-order valence-electron chi connectivity index (χ3n) is 6.91. The van der Waals surface area contributed by atoms with Crippen LogP contribution in [0.3, 0.4) is 0 Å².